The summed E-state index contributed by atoms with van der Waals surface area (Å²) in [5, 5.41) is 23.4. The Morgan fingerprint density at radius 2 is 1.74 bits per heavy atom. The van der Waals surface area contributed by atoms with Crippen LogP contribution in [0.2, 0.25) is 0 Å². The number of fused-ring (bicyclic) bond motifs is 1. The number of benzene rings is 1. The smallest absolute Gasteiger partial charge is 0.224 e. The fraction of sp³-hybridized carbons (Fsp3) is 0.571. The van der Waals surface area contributed by atoms with Crippen molar-refractivity contribution in [1.29, 1.82) is 0 Å². The lowest BCUT2D eigenvalue weighted by molar-refractivity contribution is 0.111. The van der Waals surface area contributed by atoms with E-state index in [4.69, 9.17) is 10.1 Å². The minimum Gasteiger partial charge on any atom is -0.396 e. The highest BCUT2D eigenvalue weighted by molar-refractivity contribution is 5.94. The molecule has 7 nitrogen and oxygen atoms in total. The van der Waals surface area contributed by atoms with Crippen LogP contribution in [0.1, 0.15) is 69.4 Å². The molecule has 2 aliphatic rings. The molecular formula is C28H39N5O2. The van der Waals surface area contributed by atoms with E-state index in [2.05, 4.69) is 50.2 Å². The van der Waals surface area contributed by atoms with Crippen molar-refractivity contribution in [1.82, 2.24) is 19.4 Å². The average molecular weight is 478 g/mol. The van der Waals surface area contributed by atoms with E-state index in [1.807, 2.05) is 6.20 Å². The Morgan fingerprint density at radius 1 is 0.971 bits per heavy atom. The summed E-state index contributed by atoms with van der Waals surface area (Å²) in [5.74, 6) is 0.633. The molecule has 1 aliphatic heterocycles. The van der Waals surface area contributed by atoms with Gasteiger partial charge in [-0.3, -0.25) is 4.90 Å². The summed E-state index contributed by atoms with van der Waals surface area (Å²) in [5.41, 5.74) is 4.69. The largest absolute Gasteiger partial charge is 0.396 e. The van der Waals surface area contributed by atoms with Crippen LogP contribution < -0.4 is 5.32 Å². The van der Waals surface area contributed by atoms with Crippen molar-refractivity contribution < 1.29 is 10.2 Å². The topological polar surface area (TPSA) is 86.4 Å². The molecule has 1 saturated carbocycles. The Kier molecular flexibility index (Phi) is 7.96. The zero-order chi connectivity index (χ0) is 24.0. The van der Waals surface area contributed by atoms with E-state index in [1.165, 1.54) is 49.0 Å². The predicted octanol–water partition coefficient (Wildman–Crippen LogP) is 4.74. The second-order valence-electron chi connectivity index (χ2n) is 10.2. The predicted molar refractivity (Wildman–Crippen MR) is 140 cm³/mol. The molecule has 35 heavy (non-hydrogen) atoms. The van der Waals surface area contributed by atoms with Gasteiger partial charge in [0.15, 0.2) is 0 Å². The highest BCUT2D eigenvalue weighted by atomic mass is 16.3. The fourth-order valence-corrected chi connectivity index (χ4v) is 5.56. The van der Waals surface area contributed by atoms with Crippen LogP contribution in [0.4, 0.5) is 5.95 Å². The Morgan fingerprint density at radius 3 is 2.49 bits per heavy atom. The summed E-state index contributed by atoms with van der Waals surface area (Å²) in [4.78, 5) is 12.1. The van der Waals surface area contributed by atoms with Crippen LogP contribution in [-0.2, 0) is 6.54 Å². The van der Waals surface area contributed by atoms with Crippen molar-refractivity contribution in [3.05, 3.63) is 42.2 Å². The standard InChI is InChI=1S/C28H39N5O2/c34-17-5-2-14-29-28-30-18-25-26(20-33(27(25)31-28)23-10-12-24(35)13-11-23)22-8-6-21(7-9-22)19-32-15-3-1-4-16-32/h6-9,18,20,23-24,34-35H,1-5,10-17,19H2,(H,29,30,31). The zero-order valence-corrected chi connectivity index (χ0v) is 20.7. The number of likely N-dealkylation sites (tertiary alicyclic amines) is 1. The normalized spacial score (nSPS) is 21.4. The van der Waals surface area contributed by atoms with Crippen LogP contribution in [-0.4, -0.2) is 62.0 Å². The molecule has 3 heterocycles. The quantitative estimate of drug-likeness (QED) is 0.386. The Bertz CT molecular complexity index is 1080. The number of hydrogen-bond acceptors (Lipinski definition) is 6. The van der Waals surface area contributed by atoms with Crippen LogP contribution in [0.15, 0.2) is 36.7 Å². The zero-order valence-electron chi connectivity index (χ0n) is 20.7. The molecule has 2 aromatic heterocycles. The Labute approximate surface area is 208 Å². The van der Waals surface area contributed by atoms with Crippen LogP contribution >= 0.6 is 0 Å². The highest BCUT2D eigenvalue weighted by Gasteiger charge is 2.24. The van der Waals surface area contributed by atoms with Crippen LogP contribution in [0.5, 0.6) is 0 Å². The minimum atomic E-state index is -0.182. The van der Waals surface area contributed by atoms with E-state index in [-0.39, 0.29) is 12.7 Å². The number of nitrogens with one attached hydrogen (secondary N) is 1. The molecule has 188 valence electrons. The van der Waals surface area contributed by atoms with Crippen molar-refractivity contribution >= 4 is 17.0 Å². The third-order valence-electron chi connectivity index (χ3n) is 7.62. The van der Waals surface area contributed by atoms with Gasteiger partial charge >= 0.3 is 0 Å². The average Bonchev–Trinajstić information content (AvgIpc) is 3.27. The van der Waals surface area contributed by atoms with Gasteiger partial charge in [-0.05, 0) is 75.6 Å². The maximum atomic E-state index is 10.0. The van der Waals surface area contributed by atoms with Crippen molar-refractivity contribution in [2.45, 2.75) is 76.5 Å². The van der Waals surface area contributed by atoms with Gasteiger partial charge in [-0.25, -0.2) is 4.98 Å². The summed E-state index contributed by atoms with van der Waals surface area (Å²) in [6.45, 7) is 4.39. The fourth-order valence-electron chi connectivity index (χ4n) is 5.56. The summed E-state index contributed by atoms with van der Waals surface area (Å²) in [6, 6.07) is 9.35. The van der Waals surface area contributed by atoms with Crippen LogP contribution in [0.25, 0.3) is 22.2 Å². The molecule has 5 rings (SSSR count). The number of piperidine rings is 1. The maximum absolute atomic E-state index is 10.0. The second-order valence-corrected chi connectivity index (χ2v) is 10.2. The number of unbranched alkanes of at least 4 members (excludes halogenated alkanes) is 1. The SMILES string of the molecule is OCCCCNc1ncc2c(-c3ccc(CN4CCCCC4)cc3)cn(C3CCC(O)CC3)c2n1. The van der Waals surface area contributed by atoms with Crippen LogP contribution in [0.3, 0.4) is 0 Å². The molecular weight excluding hydrogens is 438 g/mol. The number of aliphatic hydroxyl groups excluding tert-OH is 2. The molecule has 0 atom stereocenters. The number of aromatic nitrogens is 3. The van der Waals surface area contributed by atoms with E-state index in [9.17, 15) is 5.11 Å². The summed E-state index contributed by atoms with van der Waals surface area (Å²) in [7, 11) is 0. The third kappa shape index (κ3) is 5.85. The number of rotatable bonds is 9. The molecule has 0 unspecified atom stereocenters. The summed E-state index contributed by atoms with van der Waals surface area (Å²) >= 11 is 0. The van der Waals surface area contributed by atoms with E-state index in [0.29, 0.717) is 12.0 Å². The monoisotopic (exact) mass is 477 g/mol. The van der Waals surface area contributed by atoms with Gasteiger partial charge in [0.1, 0.15) is 5.65 Å². The first-order chi connectivity index (χ1) is 17.2. The number of nitrogens with zero attached hydrogens (tertiary/aromatic N) is 4. The van der Waals surface area contributed by atoms with Gasteiger partial charge in [-0.2, -0.15) is 4.98 Å². The van der Waals surface area contributed by atoms with E-state index in [1.54, 1.807) is 0 Å². The van der Waals surface area contributed by atoms with Gasteiger partial charge in [0.05, 0.1) is 6.10 Å². The molecule has 3 aromatic rings. The Balaban J connectivity index is 1.41. The highest BCUT2D eigenvalue weighted by Crippen LogP contribution is 2.36. The van der Waals surface area contributed by atoms with Gasteiger partial charge in [-0.1, -0.05) is 30.7 Å². The molecule has 1 aliphatic carbocycles. The van der Waals surface area contributed by atoms with E-state index in [0.717, 1.165) is 62.6 Å². The van der Waals surface area contributed by atoms with Gasteiger partial charge in [0, 0.05) is 49.1 Å². The van der Waals surface area contributed by atoms with Gasteiger partial charge in [0.25, 0.3) is 0 Å². The summed E-state index contributed by atoms with van der Waals surface area (Å²) < 4.78 is 2.32. The molecule has 0 bridgehead atoms. The first-order valence-corrected chi connectivity index (χ1v) is 13.4. The molecule has 2 fully saturated rings. The van der Waals surface area contributed by atoms with Gasteiger partial charge < -0.3 is 20.1 Å². The Hall–Kier alpha value is -2.48. The third-order valence-corrected chi connectivity index (χ3v) is 7.62. The summed E-state index contributed by atoms with van der Waals surface area (Å²) in [6.07, 6.45) is 13.2. The number of aliphatic hydroxyl groups is 2. The molecule has 0 amide bonds. The van der Waals surface area contributed by atoms with Crippen molar-refractivity contribution in [3.8, 4) is 11.1 Å². The molecule has 0 radical (unpaired) electrons. The molecule has 1 aromatic carbocycles. The van der Waals surface area contributed by atoms with E-state index < -0.39 is 0 Å². The molecule has 7 heteroatoms. The van der Waals surface area contributed by atoms with Crippen molar-refractivity contribution in [3.63, 3.8) is 0 Å². The minimum absolute atomic E-state index is 0.182. The molecule has 1 saturated heterocycles. The maximum Gasteiger partial charge on any atom is 0.224 e. The number of anilines is 1. The lowest BCUT2D eigenvalue weighted by Gasteiger charge is -2.27. The lowest BCUT2D eigenvalue weighted by atomic mass is 9.93. The molecule has 3 N–H and O–H groups in total. The van der Waals surface area contributed by atoms with E-state index >= 15 is 0 Å². The first kappa shape index (κ1) is 24.2. The second kappa shape index (κ2) is 11.5. The molecule has 0 spiro atoms. The van der Waals surface area contributed by atoms with Crippen molar-refractivity contribution in [2.75, 3.05) is 31.6 Å². The van der Waals surface area contributed by atoms with Crippen LogP contribution in [0, 0.1) is 0 Å². The number of hydrogen-bond donors (Lipinski definition) is 3. The van der Waals surface area contributed by atoms with Gasteiger partial charge in [-0.15, -0.1) is 0 Å². The lowest BCUT2D eigenvalue weighted by Crippen LogP contribution is -2.28. The first-order valence-electron chi connectivity index (χ1n) is 13.4. The van der Waals surface area contributed by atoms with Gasteiger partial charge in [0.2, 0.25) is 5.95 Å². The van der Waals surface area contributed by atoms with Crippen molar-refractivity contribution in [2.24, 2.45) is 0 Å².